The van der Waals surface area contributed by atoms with Crippen molar-refractivity contribution in [1.29, 1.82) is 5.26 Å². The highest BCUT2D eigenvalue weighted by molar-refractivity contribution is 5.84. The first-order valence-electron chi connectivity index (χ1n) is 3.61. The molecule has 66 valence electrons. The Morgan fingerprint density at radius 3 is 2.54 bits per heavy atom. The van der Waals surface area contributed by atoms with Crippen molar-refractivity contribution in [2.45, 2.75) is 0 Å². The SMILES string of the molecule is COC(=O)Nc1ccc(C#N)cc1. The summed E-state index contributed by atoms with van der Waals surface area (Å²) in [6.45, 7) is 0. The second-order valence-electron chi connectivity index (χ2n) is 2.31. The Morgan fingerprint density at radius 2 is 2.08 bits per heavy atom. The van der Waals surface area contributed by atoms with Crippen molar-refractivity contribution in [2.24, 2.45) is 0 Å². The minimum Gasteiger partial charge on any atom is -0.453 e. The molecule has 0 heterocycles. The highest BCUT2D eigenvalue weighted by Gasteiger charge is 1.99. The van der Waals surface area contributed by atoms with Crippen LogP contribution in [0.1, 0.15) is 5.56 Å². The van der Waals surface area contributed by atoms with Crippen LogP contribution in [0.3, 0.4) is 0 Å². The summed E-state index contributed by atoms with van der Waals surface area (Å²) in [4.78, 5) is 10.7. The fraction of sp³-hybridized carbons (Fsp3) is 0.111. The zero-order valence-electron chi connectivity index (χ0n) is 7.07. The lowest BCUT2D eigenvalue weighted by molar-refractivity contribution is 0.187. The zero-order chi connectivity index (χ0) is 9.68. The van der Waals surface area contributed by atoms with E-state index >= 15 is 0 Å². The number of nitriles is 1. The second kappa shape index (κ2) is 4.12. The van der Waals surface area contributed by atoms with E-state index in [0.717, 1.165) is 0 Å². The number of hydrogen-bond donors (Lipinski definition) is 1. The smallest absolute Gasteiger partial charge is 0.411 e. The Labute approximate surface area is 75.7 Å². The van der Waals surface area contributed by atoms with Crippen molar-refractivity contribution < 1.29 is 9.53 Å². The van der Waals surface area contributed by atoms with Gasteiger partial charge in [-0.3, -0.25) is 5.32 Å². The van der Waals surface area contributed by atoms with Crippen LogP contribution >= 0.6 is 0 Å². The summed E-state index contributed by atoms with van der Waals surface area (Å²) in [6, 6.07) is 8.48. The molecule has 0 spiro atoms. The van der Waals surface area contributed by atoms with E-state index in [4.69, 9.17) is 5.26 Å². The number of hydrogen-bond acceptors (Lipinski definition) is 3. The summed E-state index contributed by atoms with van der Waals surface area (Å²) in [7, 11) is 1.29. The molecule has 0 aliphatic rings. The lowest BCUT2D eigenvalue weighted by Gasteiger charge is -2.02. The normalized spacial score (nSPS) is 8.62. The molecule has 4 nitrogen and oxygen atoms in total. The molecule has 0 aliphatic carbocycles. The van der Waals surface area contributed by atoms with E-state index in [1.54, 1.807) is 24.3 Å². The lowest BCUT2D eigenvalue weighted by atomic mass is 10.2. The molecule has 0 radical (unpaired) electrons. The van der Waals surface area contributed by atoms with Crippen molar-refractivity contribution in [2.75, 3.05) is 12.4 Å². The number of amides is 1. The molecule has 0 atom stereocenters. The maximum Gasteiger partial charge on any atom is 0.411 e. The zero-order valence-corrected chi connectivity index (χ0v) is 7.07. The van der Waals surface area contributed by atoms with Crippen LogP contribution < -0.4 is 5.32 Å². The van der Waals surface area contributed by atoms with E-state index in [9.17, 15) is 4.79 Å². The van der Waals surface area contributed by atoms with E-state index < -0.39 is 6.09 Å². The van der Waals surface area contributed by atoms with Crippen molar-refractivity contribution in [3.63, 3.8) is 0 Å². The van der Waals surface area contributed by atoms with Crippen LogP contribution in [0.25, 0.3) is 0 Å². The molecule has 1 aromatic rings. The minimum atomic E-state index is -0.523. The molecular weight excluding hydrogens is 168 g/mol. The van der Waals surface area contributed by atoms with Crippen LogP contribution in [0.4, 0.5) is 10.5 Å². The van der Waals surface area contributed by atoms with Gasteiger partial charge in [0.05, 0.1) is 18.7 Å². The molecule has 0 saturated heterocycles. The summed E-state index contributed by atoms with van der Waals surface area (Å²) in [5.74, 6) is 0. The van der Waals surface area contributed by atoms with Gasteiger partial charge in [0.1, 0.15) is 0 Å². The average Bonchev–Trinajstić information content (AvgIpc) is 2.19. The first-order valence-corrected chi connectivity index (χ1v) is 3.61. The first kappa shape index (κ1) is 9.07. The van der Waals surface area contributed by atoms with Gasteiger partial charge in [-0.1, -0.05) is 0 Å². The fourth-order valence-electron chi connectivity index (χ4n) is 0.797. The molecular formula is C9H8N2O2. The van der Waals surface area contributed by atoms with E-state index in [1.165, 1.54) is 7.11 Å². The Morgan fingerprint density at radius 1 is 1.46 bits per heavy atom. The molecule has 0 fully saturated rings. The number of anilines is 1. The van der Waals surface area contributed by atoms with Gasteiger partial charge in [0.2, 0.25) is 0 Å². The van der Waals surface area contributed by atoms with Crippen LogP contribution in [0.2, 0.25) is 0 Å². The summed E-state index contributed by atoms with van der Waals surface area (Å²) < 4.78 is 4.40. The van der Waals surface area contributed by atoms with Gasteiger partial charge in [0.15, 0.2) is 0 Å². The van der Waals surface area contributed by atoms with Crippen LogP contribution in [0.15, 0.2) is 24.3 Å². The average molecular weight is 176 g/mol. The van der Waals surface area contributed by atoms with Gasteiger partial charge in [-0.15, -0.1) is 0 Å². The fourth-order valence-corrected chi connectivity index (χ4v) is 0.797. The Bertz CT molecular complexity index is 338. The van der Waals surface area contributed by atoms with Gasteiger partial charge in [-0.05, 0) is 24.3 Å². The van der Waals surface area contributed by atoms with E-state index in [0.29, 0.717) is 11.3 Å². The highest BCUT2D eigenvalue weighted by Crippen LogP contribution is 2.08. The topological polar surface area (TPSA) is 62.1 Å². The van der Waals surface area contributed by atoms with Crippen LogP contribution in [-0.2, 0) is 4.74 Å². The molecule has 4 heteroatoms. The third kappa shape index (κ3) is 2.49. The number of carbonyl (C=O) groups excluding carboxylic acids is 1. The van der Waals surface area contributed by atoms with Crippen LogP contribution in [0.5, 0.6) is 0 Å². The number of carbonyl (C=O) groups is 1. The number of ether oxygens (including phenoxy) is 1. The molecule has 0 bridgehead atoms. The lowest BCUT2D eigenvalue weighted by Crippen LogP contribution is -2.10. The van der Waals surface area contributed by atoms with Crippen molar-refractivity contribution in [1.82, 2.24) is 0 Å². The summed E-state index contributed by atoms with van der Waals surface area (Å²) in [5, 5.41) is 11.0. The number of benzene rings is 1. The quantitative estimate of drug-likeness (QED) is 0.708. The Balaban J connectivity index is 2.71. The van der Waals surface area contributed by atoms with Gasteiger partial charge in [0.25, 0.3) is 0 Å². The van der Waals surface area contributed by atoms with Crippen molar-refractivity contribution in [3.8, 4) is 6.07 Å². The van der Waals surface area contributed by atoms with Gasteiger partial charge in [-0.25, -0.2) is 4.79 Å². The maximum absolute atomic E-state index is 10.7. The van der Waals surface area contributed by atoms with E-state index in [2.05, 4.69) is 10.1 Å². The molecule has 0 aromatic heterocycles. The molecule has 1 aromatic carbocycles. The minimum absolute atomic E-state index is 0.523. The molecule has 1 amide bonds. The maximum atomic E-state index is 10.7. The van der Waals surface area contributed by atoms with E-state index in [-0.39, 0.29) is 0 Å². The van der Waals surface area contributed by atoms with Gasteiger partial charge < -0.3 is 4.74 Å². The number of nitrogens with zero attached hydrogens (tertiary/aromatic N) is 1. The summed E-state index contributed by atoms with van der Waals surface area (Å²) in [5.41, 5.74) is 1.15. The Hall–Kier alpha value is -2.02. The second-order valence-corrected chi connectivity index (χ2v) is 2.31. The third-order valence-electron chi connectivity index (χ3n) is 1.45. The van der Waals surface area contributed by atoms with Gasteiger partial charge in [0, 0.05) is 5.69 Å². The molecule has 0 saturated carbocycles. The largest absolute Gasteiger partial charge is 0.453 e. The molecule has 1 rings (SSSR count). The van der Waals surface area contributed by atoms with Gasteiger partial charge in [-0.2, -0.15) is 5.26 Å². The van der Waals surface area contributed by atoms with Gasteiger partial charge >= 0.3 is 6.09 Å². The predicted molar refractivity (Wildman–Crippen MR) is 47.2 cm³/mol. The highest BCUT2D eigenvalue weighted by atomic mass is 16.5. The van der Waals surface area contributed by atoms with Crippen molar-refractivity contribution in [3.05, 3.63) is 29.8 Å². The molecule has 0 aliphatic heterocycles. The van der Waals surface area contributed by atoms with E-state index in [1.807, 2.05) is 6.07 Å². The number of rotatable bonds is 1. The van der Waals surface area contributed by atoms with Crippen LogP contribution in [0, 0.1) is 11.3 Å². The molecule has 1 N–H and O–H groups in total. The third-order valence-corrected chi connectivity index (χ3v) is 1.45. The monoisotopic (exact) mass is 176 g/mol. The van der Waals surface area contributed by atoms with Crippen molar-refractivity contribution >= 4 is 11.8 Å². The number of methoxy groups -OCH3 is 1. The molecule has 0 unspecified atom stereocenters. The summed E-state index contributed by atoms with van der Waals surface area (Å²) in [6.07, 6.45) is -0.523. The molecule has 13 heavy (non-hydrogen) atoms. The van der Waals surface area contributed by atoms with Crippen LogP contribution in [-0.4, -0.2) is 13.2 Å². The number of nitrogens with one attached hydrogen (secondary N) is 1. The summed E-state index contributed by atoms with van der Waals surface area (Å²) >= 11 is 0. The predicted octanol–water partition coefficient (Wildman–Crippen LogP) is 1.74. The Kier molecular flexibility index (Phi) is 2.87. The first-order chi connectivity index (χ1) is 6.26. The standard InChI is InChI=1S/C9H8N2O2/c1-13-9(12)11-8-4-2-7(6-10)3-5-8/h2-5H,1H3,(H,11,12).